The highest BCUT2D eigenvalue weighted by Crippen LogP contribution is 1.91. The normalized spacial score (nSPS) is 9.92. The first-order chi connectivity index (χ1) is 5.76. The van der Waals surface area contributed by atoms with E-state index in [0.717, 1.165) is 0 Å². The molecular weight excluding hydrogens is 178 g/mol. The fourth-order valence-corrected chi connectivity index (χ4v) is 0.983. The van der Waals surface area contributed by atoms with Gasteiger partial charge in [0, 0.05) is 20.2 Å². The van der Waals surface area contributed by atoms with Gasteiger partial charge in [0.25, 0.3) is 0 Å². The molecule has 0 heterocycles. The predicted octanol–water partition coefficient (Wildman–Crippen LogP) is -0.616. The minimum absolute atomic E-state index is 0.0246. The van der Waals surface area contributed by atoms with E-state index in [-0.39, 0.29) is 18.3 Å². The molecule has 0 aromatic carbocycles. The zero-order valence-corrected chi connectivity index (χ0v) is 8.09. The second-order valence-corrected chi connectivity index (χ2v) is 2.57. The van der Waals surface area contributed by atoms with E-state index < -0.39 is 0 Å². The van der Waals surface area contributed by atoms with Crippen LogP contribution in [-0.2, 0) is 9.53 Å². The zero-order valence-electron chi connectivity index (χ0n) is 7.19. The van der Waals surface area contributed by atoms with Crippen LogP contribution in [0, 0.1) is 0 Å². The third-order valence-electron chi connectivity index (χ3n) is 1.42. The summed E-state index contributed by atoms with van der Waals surface area (Å²) in [6.07, 6.45) is 0. The molecule has 0 rings (SSSR count). The Morgan fingerprint density at radius 2 is 2.25 bits per heavy atom. The highest BCUT2D eigenvalue weighted by atomic mass is 32.1. The summed E-state index contributed by atoms with van der Waals surface area (Å²) in [6, 6.07) is 0. The number of methoxy groups -OCH3 is 1. The second kappa shape index (κ2) is 7.39. The standard InChI is InChI=1S/C7H15NO3S/c1-11-5-3-8(2-4-9)7(10)6-12/h9,12H,2-6H2,1H3. The van der Waals surface area contributed by atoms with Crippen LogP contribution in [0.1, 0.15) is 0 Å². The first kappa shape index (κ1) is 11.7. The summed E-state index contributed by atoms with van der Waals surface area (Å²) in [6.45, 7) is 1.32. The van der Waals surface area contributed by atoms with Gasteiger partial charge in [-0.3, -0.25) is 4.79 Å². The first-order valence-corrected chi connectivity index (χ1v) is 4.38. The Kier molecular flexibility index (Phi) is 7.23. The number of aliphatic hydroxyl groups excluding tert-OH is 1. The highest BCUT2D eigenvalue weighted by molar-refractivity contribution is 7.81. The van der Waals surface area contributed by atoms with Crippen molar-refractivity contribution >= 4 is 18.5 Å². The lowest BCUT2D eigenvalue weighted by Gasteiger charge is -2.20. The molecule has 0 spiro atoms. The fourth-order valence-electron chi connectivity index (χ4n) is 0.783. The Labute approximate surface area is 77.9 Å². The molecule has 0 aliphatic heterocycles. The SMILES string of the molecule is COCCN(CCO)C(=O)CS. The lowest BCUT2D eigenvalue weighted by atomic mass is 10.4. The van der Waals surface area contributed by atoms with Gasteiger partial charge in [0.15, 0.2) is 0 Å². The van der Waals surface area contributed by atoms with Crippen molar-refractivity contribution in [1.82, 2.24) is 4.90 Å². The van der Waals surface area contributed by atoms with Gasteiger partial charge in [-0.15, -0.1) is 0 Å². The molecule has 0 aliphatic rings. The van der Waals surface area contributed by atoms with Crippen molar-refractivity contribution in [3.8, 4) is 0 Å². The number of carbonyl (C=O) groups excluding carboxylic acids is 1. The summed E-state index contributed by atoms with van der Waals surface area (Å²) < 4.78 is 4.81. The van der Waals surface area contributed by atoms with Gasteiger partial charge in [0.2, 0.25) is 5.91 Å². The third kappa shape index (κ3) is 4.58. The van der Waals surface area contributed by atoms with E-state index in [1.54, 1.807) is 7.11 Å². The minimum Gasteiger partial charge on any atom is -0.395 e. The van der Waals surface area contributed by atoms with Crippen LogP contribution in [0.25, 0.3) is 0 Å². The van der Waals surface area contributed by atoms with Crippen molar-refractivity contribution in [1.29, 1.82) is 0 Å². The van der Waals surface area contributed by atoms with Crippen LogP contribution in [0.4, 0.5) is 0 Å². The molecule has 0 aliphatic carbocycles. The van der Waals surface area contributed by atoms with Gasteiger partial charge in [-0.25, -0.2) is 0 Å². The second-order valence-electron chi connectivity index (χ2n) is 2.26. The Hall–Kier alpha value is -0.260. The summed E-state index contributed by atoms with van der Waals surface area (Å²) in [5.41, 5.74) is 0. The van der Waals surface area contributed by atoms with E-state index in [0.29, 0.717) is 19.7 Å². The van der Waals surface area contributed by atoms with Gasteiger partial charge in [-0.1, -0.05) is 0 Å². The van der Waals surface area contributed by atoms with E-state index in [9.17, 15) is 4.79 Å². The van der Waals surface area contributed by atoms with E-state index >= 15 is 0 Å². The molecule has 0 radical (unpaired) electrons. The molecule has 0 saturated heterocycles. The number of carbonyl (C=O) groups is 1. The van der Waals surface area contributed by atoms with Gasteiger partial charge in [0.1, 0.15) is 0 Å². The van der Waals surface area contributed by atoms with Crippen molar-refractivity contribution in [3.63, 3.8) is 0 Å². The molecule has 0 aromatic rings. The number of thiol groups is 1. The van der Waals surface area contributed by atoms with Crippen molar-refractivity contribution in [2.24, 2.45) is 0 Å². The summed E-state index contributed by atoms with van der Waals surface area (Å²) in [7, 11) is 1.57. The number of amides is 1. The molecule has 1 amide bonds. The van der Waals surface area contributed by atoms with Gasteiger partial charge in [0.05, 0.1) is 19.0 Å². The van der Waals surface area contributed by atoms with Crippen molar-refractivity contribution in [3.05, 3.63) is 0 Å². The maximum atomic E-state index is 11.1. The average Bonchev–Trinajstić information content (AvgIpc) is 2.11. The fraction of sp³-hybridized carbons (Fsp3) is 0.857. The van der Waals surface area contributed by atoms with Gasteiger partial charge < -0.3 is 14.7 Å². The topological polar surface area (TPSA) is 49.8 Å². The zero-order chi connectivity index (χ0) is 9.40. The minimum atomic E-state index is -0.0792. The number of hydrogen-bond donors (Lipinski definition) is 2. The van der Waals surface area contributed by atoms with Crippen molar-refractivity contribution in [2.75, 3.05) is 39.2 Å². The molecule has 0 atom stereocenters. The van der Waals surface area contributed by atoms with Crippen molar-refractivity contribution in [2.45, 2.75) is 0 Å². The maximum absolute atomic E-state index is 11.1. The Morgan fingerprint density at radius 3 is 2.67 bits per heavy atom. The molecule has 4 nitrogen and oxygen atoms in total. The lowest BCUT2D eigenvalue weighted by molar-refractivity contribution is -0.129. The quantitative estimate of drug-likeness (QED) is 0.553. The Bertz CT molecular complexity index is 132. The number of rotatable bonds is 6. The largest absolute Gasteiger partial charge is 0.395 e. The maximum Gasteiger partial charge on any atom is 0.232 e. The number of ether oxygens (including phenoxy) is 1. The smallest absolute Gasteiger partial charge is 0.232 e. The first-order valence-electron chi connectivity index (χ1n) is 3.74. The third-order valence-corrected chi connectivity index (χ3v) is 1.69. The van der Waals surface area contributed by atoms with Gasteiger partial charge in [-0.2, -0.15) is 12.6 Å². The van der Waals surface area contributed by atoms with Crippen LogP contribution in [0.2, 0.25) is 0 Å². The molecule has 0 unspecified atom stereocenters. The molecule has 5 heteroatoms. The molecule has 12 heavy (non-hydrogen) atoms. The summed E-state index contributed by atoms with van der Waals surface area (Å²) in [5.74, 6) is 0.0911. The van der Waals surface area contributed by atoms with Crippen LogP contribution in [0.5, 0.6) is 0 Å². The van der Waals surface area contributed by atoms with E-state index in [2.05, 4.69) is 12.6 Å². The average molecular weight is 193 g/mol. The summed E-state index contributed by atoms with van der Waals surface area (Å²) in [5, 5.41) is 8.62. The molecular formula is C7H15NO3S. The van der Waals surface area contributed by atoms with Crippen LogP contribution in [0.15, 0.2) is 0 Å². The van der Waals surface area contributed by atoms with Crippen LogP contribution in [0.3, 0.4) is 0 Å². The molecule has 72 valence electrons. The van der Waals surface area contributed by atoms with Crippen molar-refractivity contribution < 1.29 is 14.6 Å². The van der Waals surface area contributed by atoms with Gasteiger partial charge >= 0.3 is 0 Å². The number of aliphatic hydroxyl groups is 1. The van der Waals surface area contributed by atoms with E-state index in [4.69, 9.17) is 9.84 Å². The summed E-state index contributed by atoms with van der Waals surface area (Å²) in [4.78, 5) is 12.6. The predicted molar refractivity (Wildman–Crippen MR) is 49.4 cm³/mol. The Balaban J connectivity index is 3.76. The van der Waals surface area contributed by atoms with E-state index in [1.807, 2.05) is 0 Å². The molecule has 0 saturated carbocycles. The monoisotopic (exact) mass is 193 g/mol. The van der Waals surface area contributed by atoms with Crippen LogP contribution >= 0.6 is 12.6 Å². The molecule has 0 bridgehead atoms. The van der Waals surface area contributed by atoms with Crippen LogP contribution < -0.4 is 0 Å². The van der Waals surface area contributed by atoms with Gasteiger partial charge in [-0.05, 0) is 0 Å². The Morgan fingerprint density at radius 1 is 1.58 bits per heavy atom. The molecule has 1 N–H and O–H groups in total. The number of hydrogen-bond acceptors (Lipinski definition) is 4. The highest BCUT2D eigenvalue weighted by Gasteiger charge is 2.09. The molecule has 0 aromatic heterocycles. The lowest BCUT2D eigenvalue weighted by Crippen LogP contribution is -2.36. The summed E-state index contributed by atoms with van der Waals surface area (Å²) >= 11 is 3.86. The van der Waals surface area contributed by atoms with E-state index in [1.165, 1.54) is 4.90 Å². The van der Waals surface area contributed by atoms with Crippen LogP contribution in [-0.4, -0.2) is 55.1 Å². The number of nitrogens with zero attached hydrogens (tertiary/aromatic N) is 1. The molecule has 0 fully saturated rings.